The first kappa shape index (κ1) is 26.3. The van der Waals surface area contributed by atoms with Gasteiger partial charge in [0.25, 0.3) is 10.0 Å². The highest BCUT2D eigenvalue weighted by Gasteiger charge is 2.30. The van der Waals surface area contributed by atoms with Crippen molar-refractivity contribution in [1.82, 2.24) is 5.32 Å². The number of methoxy groups -OCH3 is 2. The van der Waals surface area contributed by atoms with Gasteiger partial charge in [-0.25, -0.2) is 8.42 Å². The Morgan fingerprint density at radius 2 is 1.62 bits per heavy atom. The first-order valence-electron chi connectivity index (χ1n) is 12.2. The number of benzene rings is 3. The number of hydrogen-bond acceptors (Lipinski definition) is 6. The third kappa shape index (κ3) is 6.17. The van der Waals surface area contributed by atoms with Crippen molar-refractivity contribution >= 4 is 27.3 Å². The molecule has 1 heterocycles. The van der Waals surface area contributed by atoms with Crippen LogP contribution in [0.3, 0.4) is 0 Å². The van der Waals surface area contributed by atoms with Crippen LogP contribution in [0, 0.1) is 6.92 Å². The number of carbonyl (C=O) groups is 1. The second-order valence-electron chi connectivity index (χ2n) is 9.00. The molecule has 1 amide bonds. The van der Waals surface area contributed by atoms with E-state index in [1.165, 1.54) is 44.9 Å². The zero-order valence-electron chi connectivity index (χ0n) is 21.4. The minimum atomic E-state index is -4.09. The van der Waals surface area contributed by atoms with Gasteiger partial charge < -0.3 is 19.7 Å². The van der Waals surface area contributed by atoms with E-state index < -0.39 is 22.5 Å². The molecule has 0 atom stereocenters. The monoisotopic (exact) mass is 523 g/mol. The Hall–Kier alpha value is -3.72. The molecule has 4 rings (SSSR count). The van der Waals surface area contributed by atoms with Gasteiger partial charge in [-0.2, -0.15) is 0 Å². The summed E-state index contributed by atoms with van der Waals surface area (Å²) in [5, 5.41) is 2.86. The Morgan fingerprint density at radius 1 is 0.946 bits per heavy atom. The summed E-state index contributed by atoms with van der Waals surface area (Å²) in [5.74, 6) is 0.310. The molecule has 0 saturated carbocycles. The van der Waals surface area contributed by atoms with Crippen molar-refractivity contribution in [3.05, 3.63) is 77.9 Å². The van der Waals surface area contributed by atoms with Crippen LogP contribution in [0.1, 0.15) is 24.0 Å². The molecule has 37 heavy (non-hydrogen) atoms. The zero-order chi connectivity index (χ0) is 26.4. The smallest absolute Gasteiger partial charge is 0.264 e. The van der Waals surface area contributed by atoms with Crippen LogP contribution >= 0.6 is 0 Å². The summed E-state index contributed by atoms with van der Waals surface area (Å²) in [6.45, 7) is 3.87. The predicted molar refractivity (Wildman–Crippen MR) is 145 cm³/mol. The van der Waals surface area contributed by atoms with Crippen LogP contribution in [-0.4, -0.2) is 48.2 Å². The molecule has 1 aliphatic rings. The summed E-state index contributed by atoms with van der Waals surface area (Å²) >= 11 is 0. The van der Waals surface area contributed by atoms with Crippen molar-refractivity contribution in [2.24, 2.45) is 0 Å². The van der Waals surface area contributed by atoms with Gasteiger partial charge in [0.05, 0.1) is 24.8 Å². The fourth-order valence-electron chi connectivity index (χ4n) is 4.32. The van der Waals surface area contributed by atoms with Gasteiger partial charge in [0, 0.05) is 31.4 Å². The molecule has 0 spiro atoms. The van der Waals surface area contributed by atoms with Crippen molar-refractivity contribution < 1.29 is 22.7 Å². The molecule has 196 valence electrons. The minimum Gasteiger partial charge on any atom is -0.497 e. The Labute approximate surface area is 218 Å². The topological polar surface area (TPSA) is 88.2 Å². The highest BCUT2D eigenvalue weighted by molar-refractivity contribution is 7.92. The summed E-state index contributed by atoms with van der Waals surface area (Å²) < 4.78 is 39.3. The summed E-state index contributed by atoms with van der Waals surface area (Å²) in [4.78, 5) is 15.5. The van der Waals surface area contributed by atoms with Gasteiger partial charge >= 0.3 is 0 Å². The molecular formula is C28H33N3O5S. The van der Waals surface area contributed by atoms with E-state index in [0.717, 1.165) is 28.5 Å². The standard InChI is InChI=1S/C28H33N3O5S/c1-21-6-13-25(14-7-21)37(33,34)31(26-18-24(35-2)12-15-27(26)36-3)20-28(32)29-19-22-8-10-23(11-9-22)30-16-4-5-17-30/h6-15,18H,4-5,16-17,19-20H2,1-3H3,(H,29,32). The van der Waals surface area contributed by atoms with E-state index >= 15 is 0 Å². The molecule has 1 fully saturated rings. The van der Waals surface area contributed by atoms with E-state index in [0.29, 0.717) is 11.5 Å². The lowest BCUT2D eigenvalue weighted by atomic mass is 10.2. The molecule has 0 aromatic heterocycles. The van der Waals surface area contributed by atoms with Crippen LogP contribution < -0.4 is 24.0 Å². The molecule has 0 bridgehead atoms. The molecule has 1 saturated heterocycles. The average molecular weight is 524 g/mol. The van der Waals surface area contributed by atoms with Gasteiger partial charge in [-0.3, -0.25) is 9.10 Å². The number of amides is 1. The van der Waals surface area contributed by atoms with Gasteiger partial charge in [-0.15, -0.1) is 0 Å². The minimum absolute atomic E-state index is 0.0771. The fraction of sp³-hybridized carbons (Fsp3) is 0.321. The van der Waals surface area contributed by atoms with E-state index in [9.17, 15) is 13.2 Å². The number of nitrogens with one attached hydrogen (secondary N) is 1. The van der Waals surface area contributed by atoms with E-state index in [-0.39, 0.29) is 17.1 Å². The molecule has 3 aromatic rings. The molecule has 1 aliphatic heterocycles. The first-order valence-corrected chi connectivity index (χ1v) is 13.7. The molecule has 0 aliphatic carbocycles. The zero-order valence-corrected chi connectivity index (χ0v) is 22.3. The van der Waals surface area contributed by atoms with Crippen molar-refractivity contribution in [2.75, 3.05) is 43.1 Å². The number of anilines is 2. The molecule has 1 N–H and O–H groups in total. The summed E-state index contributed by atoms with van der Waals surface area (Å²) in [6, 6.07) is 19.4. The Kier molecular flexibility index (Phi) is 8.23. The Morgan fingerprint density at radius 3 is 2.24 bits per heavy atom. The predicted octanol–water partition coefficient (Wildman–Crippen LogP) is 4.12. The first-order chi connectivity index (χ1) is 17.8. The van der Waals surface area contributed by atoms with Gasteiger partial charge in [0.15, 0.2) is 0 Å². The lowest BCUT2D eigenvalue weighted by Gasteiger charge is -2.26. The SMILES string of the molecule is COc1ccc(OC)c(N(CC(=O)NCc2ccc(N3CCCC3)cc2)S(=O)(=O)c2ccc(C)cc2)c1. The Bertz CT molecular complexity index is 1320. The molecule has 0 unspecified atom stereocenters. The maximum absolute atomic E-state index is 13.7. The van der Waals surface area contributed by atoms with Gasteiger partial charge in [-0.05, 0) is 61.7 Å². The largest absolute Gasteiger partial charge is 0.497 e. The van der Waals surface area contributed by atoms with Crippen LogP contribution in [-0.2, 0) is 21.4 Å². The molecular weight excluding hydrogens is 490 g/mol. The number of nitrogens with zero attached hydrogens (tertiary/aromatic N) is 2. The van der Waals surface area contributed by atoms with Crippen molar-refractivity contribution in [1.29, 1.82) is 0 Å². The fourth-order valence-corrected chi connectivity index (χ4v) is 5.74. The second kappa shape index (κ2) is 11.6. The van der Waals surface area contributed by atoms with E-state index in [4.69, 9.17) is 9.47 Å². The third-order valence-electron chi connectivity index (χ3n) is 6.45. The Balaban J connectivity index is 1.56. The summed E-state index contributed by atoms with van der Waals surface area (Å²) in [6.07, 6.45) is 2.41. The van der Waals surface area contributed by atoms with Crippen LogP contribution in [0.2, 0.25) is 0 Å². The van der Waals surface area contributed by atoms with Crippen molar-refractivity contribution in [3.8, 4) is 11.5 Å². The maximum atomic E-state index is 13.7. The lowest BCUT2D eigenvalue weighted by Crippen LogP contribution is -2.40. The summed E-state index contributed by atoms with van der Waals surface area (Å²) in [5.41, 5.74) is 3.25. The van der Waals surface area contributed by atoms with Crippen molar-refractivity contribution in [2.45, 2.75) is 31.2 Å². The molecule has 8 nitrogen and oxygen atoms in total. The van der Waals surface area contributed by atoms with E-state index in [1.807, 2.05) is 19.1 Å². The number of aryl methyl sites for hydroxylation is 1. The highest BCUT2D eigenvalue weighted by Crippen LogP contribution is 2.35. The van der Waals surface area contributed by atoms with E-state index in [2.05, 4.69) is 22.3 Å². The van der Waals surface area contributed by atoms with Gasteiger partial charge in [0.2, 0.25) is 5.91 Å². The number of sulfonamides is 1. The van der Waals surface area contributed by atoms with Gasteiger partial charge in [-0.1, -0.05) is 29.8 Å². The van der Waals surface area contributed by atoms with Crippen LogP contribution in [0.4, 0.5) is 11.4 Å². The molecule has 0 radical (unpaired) electrons. The second-order valence-corrected chi connectivity index (χ2v) is 10.9. The highest BCUT2D eigenvalue weighted by atomic mass is 32.2. The van der Waals surface area contributed by atoms with Crippen LogP contribution in [0.25, 0.3) is 0 Å². The molecule has 3 aromatic carbocycles. The lowest BCUT2D eigenvalue weighted by molar-refractivity contribution is -0.119. The van der Waals surface area contributed by atoms with E-state index in [1.54, 1.807) is 30.3 Å². The van der Waals surface area contributed by atoms with Gasteiger partial charge in [0.1, 0.15) is 18.0 Å². The van der Waals surface area contributed by atoms with Crippen molar-refractivity contribution in [3.63, 3.8) is 0 Å². The summed E-state index contributed by atoms with van der Waals surface area (Å²) in [7, 11) is -1.15. The number of ether oxygens (including phenoxy) is 2. The third-order valence-corrected chi connectivity index (χ3v) is 8.22. The van der Waals surface area contributed by atoms with Crippen LogP contribution in [0.15, 0.2) is 71.6 Å². The molecule has 9 heteroatoms. The average Bonchev–Trinajstić information content (AvgIpc) is 3.46. The maximum Gasteiger partial charge on any atom is 0.264 e. The number of rotatable bonds is 10. The number of hydrogen-bond donors (Lipinski definition) is 1. The quantitative estimate of drug-likeness (QED) is 0.430. The number of carbonyl (C=O) groups excluding carboxylic acids is 1. The van der Waals surface area contributed by atoms with Crippen LogP contribution in [0.5, 0.6) is 11.5 Å². The normalized spacial score (nSPS) is 13.3.